The van der Waals surface area contributed by atoms with Gasteiger partial charge in [0.25, 0.3) is 0 Å². The first-order chi connectivity index (χ1) is 11.7. The molecule has 1 aromatic rings. The molecule has 2 rings (SSSR count). The van der Waals surface area contributed by atoms with Crippen molar-refractivity contribution in [2.45, 2.75) is 78.7 Å². The van der Waals surface area contributed by atoms with Gasteiger partial charge in [-0.1, -0.05) is 11.6 Å². The molecule has 0 aliphatic carbocycles. The van der Waals surface area contributed by atoms with Gasteiger partial charge in [-0.15, -0.1) is 0 Å². The molecule has 1 heterocycles. The zero-order valence-electron chi connectivity index (χ0n) is 17.0. The first-order valence-corrected chi connectivity index (χ1v) is 8.83. The normalized spacial score (nSPS) is 18.7. The summed E-state index contributed by atoms with van der Waals surface area (Å²) in [6.07, 6.45) is -0.579. The largest absolute Gasteiger partial charge is 0.495 e. The van der Waals surface area contributed by atoms with Gasteiger partial charge >= 0.3 is 13.2 Å². The van der Waals surface area contributed by atoms with E-state index >= 15 is 0 Å². The molecule has 0 saturated carbocycles. The van der Waals surface area contributed by atoms with E-state index in [0.29, 0.717) is 11.0 Å². The van der Waals surface area contributed by atoms with Crippen LogP contribution in [0, 0.1) is 12.7 Å². The van der Waals surface area contributed by atoms with Gasteiger partial charge in [-0.05, 0) is 66.9 Å². The lowest BCUT2D eigenvalue weighted by Crippen LogP contribution is -2.41. The molecule has 1 amide bonds. The van der Waals surface area contributed by atoms with Crippen molar-refractivity contribution in [3.8, 4) is 0 Å². The Balaban J connectivity index is 2.13. The van der Waals surface area contributed by atoms with Gasteiger partial charge in [-0.25, -0.2) is 9.18 Å². The average molecular weight is 365 g/mol. The van der Waals surface area contributed by atoms with E-state index in [-0.39, 0.29) is 6.54 Å². The standard InChI is InChI=1S/C19H29BFNO4/c1-12-9-13(11-22-16(23)24-17(2,3)4)15(21)10-14(12)20-25-18(5,6)19(7,8)26-20/h9-10H,11H2,1-8H3,(H,22,23). The molecule has 1 aromatic carbocycles. The molecule has 7 heteroatoms. The second kappa shape index (κ2) is 6.85. The van der Waals surface area contributed by atoms with Gasteiger partial charge in [-0.3, -0.25) is 0 Å². The number of rotatable bonds is 3. The summed E-state index contributed by atoms with van der Waals surface area (Å²) in [7, 11) is -0.623. The fourth-order valence-corrected chi connectivity index (χ4v) is 2.60. The Morgan fingerprint density at radius 3 is 2.23 bits per heavy atom. The van der Waals surface area contributed by atoms with Crippen LogP contribution < -0.4 is 10.8 Å². The highest BCUT2D eigenvalue weighted by Crippen LogP contribution is 2.36. The molecule has 0 aromatic heterocycles. The fraction of sp³-hybridized carbons (Fsp3) is 0.632. The summed E-state index contributed by atoms with van der Waals surface area (Å²) < 4.78 is 31.7. The van der Waals surface area contributed by atoms with Gasteiger partial charge in [0, 0.05) is 12.1 Å². The van der Waals surface area contributed by atoms with Gasteiger partial charge in [0.05, 0.1) is 11.2 Å². The van der Waals surface area contributed by atoms with Crippen molar-refractivity contribution in [3.05, 3.63) is 29.1 Å². The number of hydrogen-bond donors (Lipinski definition) is 1. The smallest absolute Gasteiger partial charge is 0.444 e. The number of halogens is 1. The quantitative estimate of drug-likeness (QED) is 0.834. The maximum Gasteiger partial charge on any atom is 0.495 e. The van der Waals surface area contributed by atoms with Crippen LogP contribution in [0.1, 0.15) is 59.6 Å². The molecule has 0 radical (unpaired) electrons. The van der Waals surface area contributed by atoms with Crippen LogP contribution in [0.25, 0.3) is 0 Å². The van der Waals surface area contributed by atoms with E-state index in [1.807, 2.05) is 34.6 Å². The molecule has 1 aliphatic rings. The summed E-state index contributed by atoms with van der Waals surface area (Å²) in [5.41, 5.74) is 0.301. The summed E-state index contributed by atoms with van der Waals surface area (Å²) in [6, 6.07) is 3.12. The lowest BCUT2D eigenvalue weighted by molar-refractivity contribution is 0.00578. The van der Waals surface area contributed by atoms with Crippen molar-refractivity contribution in [3.63, 3.8) is 0 Å². The minimum absolute atomic E-state index is 0.0469. The van der Waals surface area contributed by atoms with Gasteiger partial charge in [0.15, 0.2) is 0 Å². The van der Waals surface area contributed by atoms with Gasteiger partial charge < -0.3 is 19.4 Å². The minimum atomic E-state index is -0.623. The van der Waals surface area contributed by atoms with E-state index in [2.05, 4.69) is 5.32 Å². The zero-order chi connectivity index (χ0) is 19.9. The third-order valence-electron chi connectivity index (χ3n) is 4.76. The Morgan fingerprint density at radius 2 is 1.73 bits per heavy atom. The molecule has 5 nitrogen and oxygen atoms in total. The van der Waals surface area contributed by atoms with Crippen LogP contribution in [0.2, 0.25) is 0 Å². The van der Waals surface area contributed by atoms with Crippen molar-refractivity contribution in [1.82, 2.24) is 5.32 Å². The summed E-state index contributed by atoms with van der Waals surface area (Å²) >= 11 is 0. The molecular formula is C19H29BFNO4. The molecule has 1 aliphatic heterocycles. The highest BCUT2D eigenvalue weighted by Gasteiger charge is 2.52. The lowest BCUT2D eigenvalue weighted by atomic mass is 9.75. The monoisotopic (exact) mass is 365 g/mol. The van der Waals surface area contributed by atoms with Gasteiger partial charge in [0.1, 0.15) is 11.4 Å². The van der Waals surface area contributed by atoms with E-state index in [1.54, 1.807) is 26.8 Å². The second-order valence-electron chi connectivity index (χ2n) is 8.74. The molecule has 0 spiro atoms. The molecule has 1 saturated heterocycles. The van der Waals surface area contributed by atoms with Crippen LogP contribution in [0.5, 0.6) is 0 Å². The van der Waals surface area contributed by atoms with E-state index in [4.69, 9.17) is 14.0 Å². The Labute approximate surface area is 155 Å². The van der Waals surface area contributed by atoms with Crippen LogP contribution >= 0.6 is 0 Å². The SMILES string of the molecule is Cc1cc(CNC(=O)OC(C)(C)C)c(F)cc1B1OC(C)(C)C(C)(C)O1. The molecule has 1 fully saturated rings. The van der Waals surface area contributed by atoms with Crippen molar-refractivity contribution < 1.29 is 23.2 Å². The topological polar surface area (TPSA) is 56.8 Å². The number of benzene rings is 1. The number of carbonyl (C=O) groups is 1. The van der Waals surface area contributed by atoms with Crippen LogP contribution in [-0.2, 0) is 20.6 Å². The molecule has 1 N–H and O–H groups in total. The molecule has 0 unspecified atom stereocenters. The third kappa shape index (κ3) is 4.57. The summed E-state index contributed by atoms with van der Waals surface area (Å²) in [6.45, 7) is 15.1. The number of aryl methyl sites for hydroxylation is 1. The van der Waals surface area contributed by atoms with Crippen LogP contribution in [0.4, 0.5) is 9.18 Å². The van der Waals surface area contributed by atoms with E-state index in [1.165, 1.54) is 6.07 Å². The Bertz CT molecular complexity index is 682. The van der Waals surface area contributed by atoms with E-state index in [0.717, 1.165) is 5.56 Å². The number of ether oxygens (including phenoxy) is 1. The Hall–Kier alpha value is -1.60. The third-order valence-corrected chi connectivity index (χ3v) is 4.76. The van der Waals surface area contributed by atoms with Crippen molar-refractivity contribution in [1.29, 1.82) is 0 Å². The average Bonchev–Trinajstić information content (AvgIpc) is 2.66. The maximum absolute atomic E-state index is 14.6. The van der Waals surface area contributed by atoms with Gasteiger partial charge in [0.2, 0.25) is 0 Å². The first-order valence-electron chi connectivity index (χ1n) is 8.83. The Kier molecular flexibility index (Phi) is 5.46. The van der Waals surface area contributed by atoms with Crippen LogP contribution in [0.15, 0.2) is 12.1 Å². The predicted octanol–water partition coefficient (Wildman–Crippen LogP) is 3.46. The number of nitrogens with one attached hydrogen (secondary N) is 1. The van der Waals surface area contributed by atoms with Crippen molar-refractivity contribution in [2.75, 3.05) is 0 Å². The number of amides is 1. The molecule has 0 atom stereocenters. The molecule has 144 valence electrons. The second-order valence-corrected chi connectivity index (χ2v) is 8.74. The number of carbonyl (C=O) groups excluding carboxylic acids is 1. The summed E-state index contributed by atoms with van der Waals surface area (Å²) in [4.78, 5) is 11.8. The number of hydrogen-bond acceptors (Lipinski definition) is 4. The minimum Gasteiger partial charge on any atom is -0.444 e. The molecule has 26 heavy (non-hydrogen) atoms. The maximum atomic E-state index is 14.6. The number of alkyl carbamates (subject to hydrolysis) is 1. The predicted molar refractivity (Wildman–Crippen MR) is 99.9 cm³/mol. The van der Waals surface area contributed by atoms with Crippen LogP contribution in [-0.4, -0.2) is 30.0 Å². The van der Waals surface area contributed by atoms with Crippen molar-refractivity contribution in [2.24, 2.45) is 0 Å². The van der Waals surface area contributed by atoms with Gasteiger partial charge in [-0.2, -0.15) is 0 Å². The summed E-state index contributed by atoms with van der Waals surface area (Å²) in [5, 5.41) is 2.58. The molecular weight excluding hydrogens is 336 g/mol. The zero-order valence-corrected chi connectivity index (χ0v) is 17.0. The highest BCUT2D eigenvalue weighted by molar-refractivity contribution is 6.62. The fourth-order valence-electron chi connectivity index (χ4n) is 2.60. The molecule has 0 bridgehead atoms. The van der Waals surface area contributed by atoms with E-state index in [9.17, 15) is 9.18 Å². The summed E-state index contributed by atoms with van der Waals surface area (Å²) in [5.74, 6) is -0.420. The Morgan fingerprint density at radius 1 is 1.19 bits per heavy atom. The first kappa shape index (κ1) is 20.7. The van der Waals surface area contributed by atoms with E-state index < -0.39 is 35.8 Å². The van der Waals surface area contributed by atoms with Crippen LogP contribution in [0.3, 0.4) is 0 Å². The highest BCUT2D eigenvalue weighted by atomic mass is 19.1. The van der Waals surface area contributed by atoms with Crippen molar-refractivity contribution >= 4 is 18.7 Å². The lowest BCUT2D eigenvalue weighted by Gasteiger charge is -2.32.